The number of amides is 4. The van der Waals surface area contributed by atoms with Crippen LogP contribution in [0.15, 0.2) is 170 Å². The van der Waals surface area contributed by atoms with E-state index in [0.29, 0.717) is 0 Å². The normalized spacial score (nSPS) is 12.3. The van der Waals surface area contributed by atoms with Crippen LogP contribution in [0.5, 0.6) is 0 Å². The molecule has 12 heteroatoms. The molecular weight excluding hydrogens is 713 g/mol. The Labute approximate surface area is 319 Å². The van der Waals surface area contributed by atoms with Crippen molar-refractivity contribution < 1.29 is 39.0 Å². The van der Waals surface area contributed by atoms with Crippen LogP contribution in [0.25, 0.3) is 10.8 Å². The van der Waals surface area contributed by atoms with Gasteiger partial charge in [-0.1, -0.05) is 60.7 Å². The Kier molecular flexibility index (Phi) is 11.5. The summed E-state index contributed by atoms with van der Waals surface area (Å²) in [6, 6.07) is 39.8. The molecule has 0 atom stereocenters. The maximum atomic E-state index is 13.5. The van der Waals surface area contributed by atoms with Gasteiger partial charge >= 0.3 is 11.9 Å². The number of benzene rings is 5. The topological polar surface area (TPSA) is 175 Å². The predicted octanol–water partition coefficient (Wildman–Crippen LogP) is 7.69. The van der Waals surface area contributed by atoms with Crippen molar-refractivity contribution in [3.63, 3.8) is 0 Å². The van der Waals surface area contributed by atoms with Crippen molar-refractivity contribution in [1.82, 2.24) is 9.97 Å². The number of nitrogens with zero attached hydrogens (tertiary/aromatic N) is 4. The zero-order valence-corrected chi connectivity index (χ0v) is 29.3. The molecule has 9 rings (SSSR count). The maximum Gasteiger partial charge on any atom is 0.335 e. The third-order valence-electron chi connectivity index (χ3n) is 8.40. The highest BCUT2D eigenvalue weighted by Crippen LogP contribution is 2.40. The number of hydrogen-bond acceptors (Lipinski definition) is 8. The number of carbonyl (C=O) groups excluding carboxylic acids is 4. The number of hydrogen-bond donors (Lipinski definition) is 2. The summed E-state index contributed by atoms with van der Waals surface area (Å²) in [4.78, 5) is 86.1. The summed E-state index contributed by atoms with van der Waals surface area (Å²) in [5.41, 5.74) is 0.201. The lowest BCUT2D eigenvalue weighted by Crippen LogP contribution is -2.43. The maximum absolute atomic E-state index is 13.5. The summed E-state index contributed by atoms with van der Waals surface area (Å²) in [6.07, 6.45) is 7.00. The highest BCUT2D eigenvalue weighted by atomic mass is 16.4. The lowest BCUT2D eigenvalue weighted by molar-refractivity contribution is 0.0686. The molecule has 7 aromatic rings. The zero-order valence-electron chi connectivity index (χ0n) is 29.3. The van der Waals surface area contributed by atoms with Crippen molar-refractivity contribution in [2.24, 2.45) is 0 Å². The number of carboxylic acid groups (broad SMARTS) is 2. The molecule has 2 aromatic heterocycles. The number of imide groups is 2. The Morgan fingerprint density at radius 3 is 0.911 bits per heavy atom. The van der Waals surface area contributed by atoms with Gasteiger partial charge in [-0.05, 0) is 84.9 Å². The van der Waals surface area contributed by atoms with E-state index in [2.05, 4.69) is 9.97 Å². The first-order chi connectivity index (χ1) is 27.2. The molecule has 274 valence electrons. The fraction of sp³-hybridized carbons (Fsp3) is 0. The second-order valence-electron chi connectivity index (χ2n) is 11.9. The van der Waals surface area contributed by atoms with Crippen LogP contribution < -0.4 is 9.80 Å². The van der Waals surface area contributed by atoms with Gasteiger partial charge in [0.2, 0.25) is 0 Å². The molecule has 56 heavy (non-hydrogen) atoms. The first-order valence-corrected chi connectivity index (χ1v) is 16.9. The molecule has 5 aromatic carbocycles. The summed E-state index contributed by atoms with van der Waals surface area (Å²) in [6.45, 7) is 0. The molecule has 0 aliphatic carbocycles. The summed E-state index contributed by atoms with van der Waals surface area (Å²) in [5.74, 6) is -5.37. The van der Waals surface area contributed by atoms with E-state index in [1.807, 2.05) is 72.8 Å². The molecule has 0 saturated heterocycles. The van der Waals surface area contributed by atoms with E-state index in [1.54, 1.807) is 24.8 Å². The monoisotopic (exact) mass is 742 g/mol. The third-order valence-corrected chi connectivity index (χ3v) is 8.40. The van der Waals surface area contributed by atoms with Crippen molar-refractivity contribution in [2.45, 2.75) is 0 Å². The first-order valence-electron chi connectivity index (χ1n) is 16.9. The summed E-state index contributed by atoms with van der Waals surface area (Å²) in [5, 5.41) is 19.0. The van der Waals surface area contributed by atoms with E-state index >= 15 is 0 Å². The number of aromatic carboxylic acids is 2. The number of anilines is 2. The van der Waals surface area contributed by atoms with E-state index in [-0.39, 0.29) is 55.5 Å². The van der Waals surface area contributed by atoms with Gasteiger partial charge in [-0.15, -0.1) is 0 Å². The second kappa shape index (κ2) is 17.1. The number of rotatable bonds is 4. The summed E-state index contributed by atoms with van der Waals surface area (Å²) in [7, 11) is 0. The molecule has 2 aliphatic rings. The lowest BCUT2D eigenvalue weighted by Gasteiger charge is -2.32. The van der Waals surface area contributed by atoms with Crippen molar-refractivity contribution >= 4 is 57.7 Å². The Morgan fingerprint density at radius 1 is 0.393 bits per heavy atom. The Bertz CT molecular complexity index is 2220. The third kappa shape index (κ3) is 7.94. The number of aromatic nitrogens is 2. The molecule has 12 nitrogen and oxygen atoms in total. The van der Waals surface area contributed by atoms with Gasteiger partial charge in [-0.25, -0.2) is 19.4 Å². The minimum Gasteiger partial charge on any atom is -0.478 e. The van der Waals surface area contributed by atoms with E-state index in [0.717, 1.165) is 9.80 Å². The minimum atomic E-state index is -1.22. The van der Waals surface area contributed by atoms with Gasteiger partial charge in [0.05, 0.1) is 22.5 Å². The zero-order chi connectivity index (χ0) is 39.6. The quantitative estimate of drug-likeness (QED) is 0.170. The van der Waals surface area contributed by atoms with Gasteiger partial charge in [0.25, 0.3) is 23.6 Å². The van der Waals surface area contributed by atoms with E-state index in [9.17, 15) is 39.0 Å². The Hall–Kier alpha value is -8.12. The summed E-state index contributed by atoms with van der Waals surface area (Å²) < 4.78 is 0. The predicted molar refractivity (Wildman–Crippen MR) is 208 cm³/mol. The number of carboxylic acids is 2. The minimum absolute atomic E-state index is 0.0654. The van der Waals surface area contributed by atoms with Crippen molar-refractivity contribution in [3.05, 3.63) is 204 Å². The van der Waals surface area contributed by atoms with E-state index in [1.165, 1.54) is 72.8 Å². The van der Waals surface area contributed by atoms with Crippen LogP contribution in [-0.4, -0.2) is 55.7 Å². The molecule has 2 aliphatic heterocycles. The standard InChI is InChI=1S/C28H14N2O8.C6H6.2C5H5N/c31-23-17-7-9-19-22-20(26(34)30(25(19)33)16-6-2-4-14(12-16)28(37)38)10-8-18(21(17)22)24(32)29(23)15-5-1-3-13(11-15)27(35)36;3*1-2-4-6-5-3-1/h1-12H,(H,35,36)(H,37,38);1-6H;2*1-5H. The van der Waals surface area contributed by atoms with Crippen LogP contribution in [0, 0.1) is 0 Å². The fourth-order valence-corrected chi connectivity index (χ4v) is 5.91. The molecule has 0 radical (unpaired) electrons. The Morgan fingerprint density at radius 2 is 0.679 bits per heavy atom. The average molecular weight is 743 g/mol. The van der Waals surface area contributed by atoms with Gasteiger partial charge in [-0.3, -0.25) is 29.1 Å². The van der Waals surface area contributed by atoms with Crippen LogP contribution in [0.2, 0.25) is 0 Å². The van der Waals surface area contributed by atoms with E-state index in [4.69, 9.17) is 0 Å². The largest absolute Gasteiger partial charge is 0.478 e. The number of carbonyl (C=O) groups is 6. The smallest absolute Gasteiger partial charge is 0.335 e. The van der Waals surface area contributed by atoms with Gasteiger partial charge in [-0.2, -0.15) is 0 Å². The molecule has 0 saturated carbocycles. The molecule has 0 bridgehead atoms. The van der Waals surface area contributed by atoms with Crippen LogP contribution in [0.4, 0.5) is 11.4 Å². The molecule has 0 fully saturated rings. The molecule has 0 unspecified atom stereocenters. The van der Waals surface area contributed by atoms with Crippen LogP contribution in [0.1, 0.15) is 62.1 Å². The summed E-state index contributed by atoms with van der Waals surface area (Å²) >= 11 is 0. The average Bonchev–Trinajstić information content (AvgIpc) is 3.25. The molecule has 4 heterocycles. The Balaban J connectivity index is 0.000000240. The van der Waals surface area contributed by atoms with Crippen molar-refractivity contribution in [3.8, 4) is 0 Å². The molecule has 0 spiro atoms. The van der Waals surface area contributed by atoms with Gasteiger partial charge in [0.1, 0.15) is 0 Å². The molecular formula is C44H30N4O8. The molecule has 4 amide bonds. The van der Waals surface area contributed by atoms with Crippen LogP contribution >= 0.6 is 0 Å². The lowest BCUT2D eigenvalue weighted by atomic mass is 9.85. The van der Waals surface area contributed by atoms with Gasteiger partial charge in [0, 0.05) is 57.8 Å². The first kappa shape index (κ1) is 37.6. The highest BCUT2D eigenvalue weighted by Gasteiger charge is 2.40. The van der Waals surface area contributed by atoms with Gasteiger partial charge in [0.15, 0.2) is 0 Å². The number of pyridine rings is 2. The van der Waals surface area contributed by atoms with Crippen LogP contribution in [0.3, 0.4) is 0 Å². The van der Waals surface area contributed by atoms with Crippen molar-refractivity contribution in [1.29, 1.82) is 0 Å². The SMILES string of the molecule is O=C(O)c1cccc(N2C(=O)c3ccc4c5c(ccc(c35)C2=O)C(=O)N(c2cccc(C(=O)O)c2)C4=O)c1.c1ccccc1.c1ccncc1.c1ccncc1. The molecule has 2 N–H and O–H groups in total. The van der Waals surface area contributed by atoms with Gasteiger partial charge < -0.3 is 10.2 Å². The van der Waals surface area contributed by atoms with Crippen molar-refractivity contribution in [2.75, 3.05) is 9.80 Å². The fourth-order valence-electron chi connectivity index (χ4n) is 5.91. The van der Waals surface area contributed by atoms with Crippen LogP contribution in [-0.2, 0) is 0 Å². The van der Waals surface area contributed by atoms with E-state index < -0.39 is 35.6 Å². The second-order valence-corrected chi connectivity index (χ2v) is 11.9. The highest BCUT2D eigenvalue weighted by molar-refractivity contribution is 6.42.